The summed E-state index contributed by atoms with van der Waals surface area (Å²) >= 11 is 0. The molecule has 0 atom stereocenters. The summed E-state index contributed by atoms with van der Waals surface area (Å²) in [6.45, 7) is 32.1. The van der Waals surface area contributed by atoms with Gasteiger partial charge in [0.2, 0.25) is 0 Å². The average Bonchev–Trinajstić information content (AvgIpc) is 3.97. The van der Waals surface area contributed by atoms with Gasteiger partial charge < -0.3 is 18.6 Å². The van der Waals surface area contributed by atoms with Gasteiger partial charge in [-0.1, -0.05) is 182 Å². The zero-order valence-corrected chi connectivity index (χ0v) is 44.2. The molecule has 4 nitrogen and oxygen atoms in total. The van der Waals surface area contributed by atoms with Gasteiger partial charge in [-0.15, -0.1) is 0 Å². The van der Waals surface area contributed by atoms with Gasteiger partial charge in [0.25, 0.3) is 0 Å². The van der Waals surface area contributed by atoms with Gasteiger partial charge in [-0.05, 0) is 128 Å². The molecule has 11 rings (SSSR count). The van der Waals surface area contributed by atoms with Crippen molar-refractivity contribution in [2.45, 2.75) is 124 Å². The van der Waals surface area contributed by atoms with Crippen molar-refractivity contribution in [3.63, 3.8) is 0 Å². The van der Waals surface area contributed by atoms with E-state index in [2.05, 4.69) is 264 Å². The molecule has 0 radical (unpaired) electrons. The van der Waals surface area contributed by atoms with E-state index in [9.17, 15) is 0 Å². The normalized spacial score (nSPS) is 13.9. The lowest BCUT2D eigenvalue weighted by atomic mass is 9.81. The van der Waals surface area contributed by atoms with Crippen molar-refractivity contribution >= 4 is 78.0 Å². The van der Waals surface area contributed by atoms with Gasteiger partial charge in [0, 0.05) is 55.5 Å². The summed E-state index contributed by atoms with van der Waals surface area (Å²) in [6, 6.07) is 58.7. The van der Waals surface area contributed by atoms with Gasteiger partial charge in [-0.3, -0.25) is 0 Å². The maximum absolute atomic E-state index is 7.30. The van der Waals surface area contributed by atoms with E-state index in [0.717, 1.165) is 83.6 Å². The summed E-state index contributed by atoms with van der Waals surface area (Å²) in [6.07, 6.45) is 0. The van der Waals surface area contributed by atoms with Gasteiger partial charge in [0.15, 0.2) is 5.58 Å². The van der Waals surface area contributed by atoms with Crippen LogP contribution in [0.1, 0.15) is 130 Å². The number of nitrogens with zero attached hydrogens (tertiary/aromatic N) is 2. The molecule has 1 aliphatic carbocycles. The molecule has 10 aromatic rings. The number of rotatable bonds is 6. The molecular weight excluding hydrogens is 865 g/mol. The van der Waals surface area contributed by atoms with Crippen molar-refractivity contribution in [3.8, 4) is 11.1 Å². The molecule has 0 N–H and O–H groups in total. The van der Waals surface area contributed by atoms with E-state index in [1.165, 1.54) is 38.9 Å². The summed E-state index contributed by atoms with van der Waals surface area (Å²) < 4.78 is 14.5. The quantitative estimate of drug-likeness (QED) is 0.166. The molecule has 2 aromatic heterocycles. The molecule has 2 heterocycles. The summed E-state index contributed by atoms with van der Waals surface area (Å²) in [4.78, 5) is 4.87. The number of furan rings is 2. The Bertz CT molecular complexity index is 3550. The second-order valence-corrected chi connectivity index (χ2v) is 24.7. The third-order valence-electron chi connectivity index (χ3n) is 15.3. The topological polar surface area (TPSA) is 32.8 Å². The number of anilines is 6. The smallest absolute Gasteiger partial charge is 0.160 e. The zero-order valence-electron chi connectivity index (χ0n) is 44.2. The summed E-state index contributed by atoms with van der Waals surface area (Å²) in [7, 11) is 0. The molecular formula is C67H68N2O2. The monoisotopic (exact) mass is 933 g/mol. The molecule has 0 saturated heterocycles. The first-order chi connectivity index (χ1) is 33.5. The predicted molar refractivity (Wildman–Crippen MR) is 303 cm³/mol. The van der Waals surface area contributed by atoms with Crippen LogP contribution in [-0.2, 0) is 27.1 Å². The molecule has 0 amide bonds. The van der Waals surface area contributed by atoms with E-state index in [4.69, 9.17) is 8.83 Å². The molecule has 1 aliphatic rings. The fourth-order valence-electron chi connectivity index (χ4n) is 11.0. The fourth-order valence-corrected chi connectivity index (χ4v) is 11.0. The molecule has 0 saturated carbocycles. The Hall–Kier alpha value is -7.04. The molecule has 4 heteroatoms. The Morgan fingerprint density at radius 3 is 1.07 bits per heavy atom. The van der Waals surface area contributed by atoms with Crippen LogP contribution in [0.2, 0.25) is 0 Å². The number of para-hydroxylation sites is 2. The van der Waals surface area contributed by atoms with Crippen LogP contribution in [0.3, 0.4) is 0 Å². The molecule has 0 bridgehead atoms. The SMILES string of the molecule is CC(C)(C)c1ccc(N(c2ccc(C(C)(C)C)cc2)c2cc3c(c4c2oc2ccccc24)-c2c(cc(N(c4ccc(C(C)(C)C)cc4)c4ccc(C(C)(C)C)cc4)c4c2oc2ccccc24)C3(C)C)cc1. The van der Waals surface area contributed by atoms with Crippen molar-refractivity contribution in [3.05, 3.63) is 191 Å². The second kappa shape index (κ2) is 16.0. The van der Waals surface area contributed by atoms with Crippen molar-refractivity contribution in [2.75, 3.05) is 9.80 Å². The zero-order chi connectivity index (χ0) is 50.2. The van der Waals surface area contributed by atoms with Crippen LogP contribution in [0, 0.1) is 0 Å². The Morgan fingerprint density at radius 1 is 0.352 bits per heavy atom. The van der Waals surface area contributed by atoms with Gasteiger partial charge in [-0.2, -0.15) is 0 Å². The lowest BCUT2D eigenvalue weighted by Gasteiger charge is -2.31. The van der Waals surface area contributed by atoms with Gasteiger partial charge >= 0.3 is 0 Å². The van der Waals surface area contributed by atoms with E-state index in [1.807, 2.05) is 0 Å². The maximum atomic E-state index is 7.30. The van der Waals surface area contributed by atoms with Crippen LogP contribution < -0.4 is 9.80 Å². The first kappa shape index (κ1) is 46.3. The summed E-state index contributed by atoms with van der Waals surface area (Å²) in [5.41, 5.74) is 19.4. The Kier molecular flexibility index (Phi) is 10.4. The molecule has 0 spiro atoms. The van der Waals surface area contributed by atoms with Crippen LogP contribution in [0.15, 0.2) is 167 Å². The second-order valence-electron chi connectivity index (χ2n) is 24.7. The van der Waals surface area contributed by atoms with Crippen molar-refractivity contribution in [2.24, 2.45) is 0 Å². The largest absolute Gasteiger partial charge is 0.455 e. The lowest BCUT2D eigenvalue weighted by Crippen LogP contribution is -2.18. The predicted octanol–water partition coefficient (Wildman–Crippen LogP) is 19.9. The lowest BCUT2D eigenvalue weighted by molar-refractivity contribution is 0.590. The minimum atomic E-state index is -0.469. The summed E-state index contributed by atoms with van der Waals surface area (Å²) in [5.74, 6) is 0. The average molecular weight is 933 g/mol. The van der Waals surface area contributed by atoms with Crippen molar-refractivity contribution < 1.29 is 8.83 Å². The number of hydrogen-bond acceptors (Lipinski definition) is 4. The minimum absolute atomic E-state index is 0.00919. The van der Waals surface area contributed by atoms with E-state index >= 15 is 0 Å². The third kappa shape index (κ3) is 7.64. The van der Waals surface area contributed by atoms with Gasteiger partial charge in [-0.25, -0.2) is 0 Å². The standard InChI is InChI=1S/C67H68N2O2/c1-63(2,3)41-23-31-45(32-24-41)68(46-33-25-42(26-34-46)64(4,5)6)53-39-52-60(62-57(53)49-19-15-17-21-55(49)71-62)59-51(67(52,13)14)40-54(61-58(59)50-20-16-18-22-56(50)70-61)69(47-35-27-43(28-36-47)65(7,8)9)48-37-29-44(30-38-48)66(10,11)12/h15-40H,1-14H3. The van der Waals surface area contributed by atoms with E-state index < -0.39 is 5.41 Å². The molecule has 358 valence electrons. The van der Waals surface area contributed by atoms with Gasteiger partial charge in [0.05, 0.1) is 16.8 Å². The van der Waals surface area contributed by atoms with Gasteiger partial charge in [0.1, 0.15) is 16.7 Å². The minimum Gasteiger partial charge on any atom is -0.455 e. The Morgan fingerprint density at radius 2 is 0.676 bits per heavy atom. The van der Waals surface area contributed by atoms with E-state index in [1.54, 1.807) is 0 Å². The molecule has 0 unspecified atom stereocenters. The van der Waals surface area contributed by atoms with Crippen molar-refractivity contribution in [1.29, 1.82) is 0 Å². The highest BCUT2D eigenvalue weighted by Crippen LogP contribution is 2.61. The van der Waals surface area contributed by atoms with E-state index in [-0.39, 0.29) is 21.7 Å². The molecule has 0 fully saturated rings. The van der Waals surface area contributed by atoms with Crippen LogP contribution >= 0.6 is 0 Å². The van der Waals surface area contributed by atoms with Crippen LogP contribution in [0.25, 0.3) is 55.0 Å². The maximum Gasteiger partial charge on any atom is 0.160 e. The highest BCUT2D eigenvalue weighted by atomic mass is 16.3. The first-order valence-corrected chi connectivity index (χ1v) is 25.5. The number of fused-ring (bicyclic) bond motifs is 11. The molecule has 0 aliphatic heterocycles. The van der Waals surface area contributed by atoms with Crippen LogP contribution in [-0.4, -0.2) is 0 Å². The van der Waals surface area contributed by atoms with E-state index in [0.29, 0.717) is 0 Å². The number of benzene rings is 8. The third-order valence-corrected chi connectivity index (χ3v) is 15.3. The molecule has 8 aromatic carbocycles. The highest BCUT2D eigenvalue weighted by molar-refractivity contribution is 6.25. The Labute approximate surface area is 420 Å². The van der Waals surface area contributed by atoms with Crippen molar-refractivity contribution in [1.82, 2.24) is 0 Å². The highest BCUT2D eigenvalue weighted by Gasteiger charge is 2.43. The Balaban J connectivity index is 1.23. The fraction of sp³-hybridized carbons (Fsp3) is 0.284. The first-order valence-electron chi connectivity index (χ1n) is 25.5. The number of hydrogen-bond donors (Lipinski definition) is 0. The summed E-state index contributed by atoms with van der Waals surface area (Å²) in [5, 5.41) is 4.36. The van der Waals surface area contributed by atoms with Crippen LogP contribution in [0.5, 0.6) is 0 Å². The van der Waals surface area contributed by atoms with Crippen LogP contribution in [0.4, 0.5) is 34.1 Å². The molecule has 71 heavy (non-hydrogen) atoms.